The number of rotatable bonds is 7. The summed E-state index contributed by atoms with van der Waals surface area (Å²) < 4.78 is 46.1. The molecule has 10 heteroatoms. The SMILES string of the molecule is Cc1ccc(-c2nnc(SCCCN3CCOC(c4ccc(C(F)(F)F)cc4)C3)n2C)nc1. The number of nitrogens with zero attached hydrogens (tertiary/aromatic N) is 5. The molecule has 2 aromatic heterocycles. The van der Waals surface area contributed by atoms with Crippen molar-refractivity contribution in [3.8, 4) is 11.5 Å². The van der Waals surface area contributed by atoms with Crippen molar-refractivity contribution < 1.29 is 17.9 Å². The molecular formula is C23H26F3N5OS. The van der Waals surface area contributed by atoms with Crippen molar-refractivity contribution in [2.75, 3.05) is 32.0 Å². The van der Waals surface area contributed by atoms with Gasteiger partial charge in [-0.25, -0.2) is 0 Å². The lowest BCUT2D eigenvalue weighted by Crippen LogP contribution is -2.39. The van der Waals surface area contributed by atoms with Gasteiger partial charge in [0.05, 0.1) is 18.3 Å². The van der Waals surface area contributed by atoms with Crippen LogP contribution in [-0.4, -0.2) is 56.6 Å². The third-order valence-electron chi connectivity index (χ3n) is 5.59. The van der Waals surface area contributed by atoms with E-state index in [9.17, 15) is 13.2 Å². The maximum absolute atomic E-state index is 12.8. The number of ether oxygens (including phenoxy) is 1. The Morgan fingerprint density at radius 3 is 2.61 bits per heavy atom. The molecule has 1 aromatic carbocycles. The van der Waals surface area contributed by atoms with Gasteiger partial charge in [0.2, 0.25) is 0 Å². The van der Waals surface area contributed by atoms with Crippen LogP contribution in [0.1, 0.15) is 29.2 Å². The summed E-state index contributed by atoms with van der Waals surface area (Å²) in [6, 6.07) is 9.22. The zero-order valence-corrected chi connectivity index (χ0v) is 19.4. The molecule has 1 fully saturated rings. The molecule has 4 rings (SSSR count). The van der Waals surface area contributed by atoms with Crippen LogP contribution in [0.3, 0.4) is 0 Å². The molecule has 1 saturated heterocycles. The quantitative estimate of drug-likeness (QED) is 0.361. The molecule has 0 spiro atoms. The van der Waals surface area contributed by atoms with E-state index in [0.717, 1.165) is 65.2 Å². The molecule has 1 atom stereocenters. The van der Waals surface area contributed by atoms with Gasteiger partial charge in [0.1, 0.15) is 5.69 Å². The molecule has 1 aliphatic rings. The highest BCUT2D eigenvalue weighted by molar-refractivity contribution is 7.99. The summed E-state index contributed by atoms with van der Waals surface area (Å²) in [6.07, 6.45) is -1.76. The Kier molecular flexibility index (Phi) is 7.35. The van der Waals surface area contributed by atoms with Crippen LogP contribution in [0.4, 0.5) is 13.2 Å². The fourth-order valence-electron chi connectivity index (χ4n) is 3.71. The Morgan fingerprint density at radius 1 is 1.12 bits per heavy atom. The van der Waals surface area contributed by atoms with Gasteiger partial charge in [-0.3, -0.25) is 9.88 Å². The van der Waals surface area contributed by atoms with Crippen LogP contribution in [0, 0.1) is 6.92 Å². The molecule has 1 aliphatic heterocycles. The molecule has 0 N–H and O–H groups in total. The predicted molar refractivity (Wildman–Crippen MR) is 121 cm³/mol. The minimum absolute atomic E-state index is 0.211. The lowest BCUT2D eigenvalue weighted by Gasteiger charge is -2.33. The molecule has 0 bridgehead atoms. The van der Waals surface area contributed by atoms with E-state index in [2.05, 4.69) is 20.1 Å². The van der Waals surface area contributed by atoms with Gasteiger partial charge >= 0.3 is 6.18 Å². The third-order valence-corrected chi connectivity index (χ3v) is 6.69. The van der Waals surface area contributed by atoms with Gasteiger partial charge in [0.15, 0.2) is 11.0 Å². The molecule has 0 radical (unpaired) electrons. The van der Waals surface area contributed by atoms with Gasteiger partial charge < -0.3 is 9.30 Å². The molecule has 3 heterocycles. The maximum Gasteiger partial charge on any atom is 0.416 e. The average molecular weight is 478 g/mol. The number of hydrogen-bond acceptors (Lipinski definition) is 6. The van der Waals surface area contributed by atoms with Crippen LogP contribution in [0.25, 0.3) is 11.5 Å². The highest BCUT2D eigenvalue weighted by atomic mass is 32.2. The molecule has 33 heavy (non-hydrogen) atoms. The van der Waals surface area contributed by atoms with Gasteiger partial charge in [-0.1, -0.05) is 30.0 Å². The number of halogens is 3. The van der Waals surface area contributed by atoms with Crippen molar-refractivity contribution in [1.29, 1.82) is 0 Å². The zero-order valence-electron chi connectivity index (χ0n) is 18.5. The number of thioether (sulfide) groups is 1. The van der Waals surface area contributed by atoms with Crippen molar-refractivity contribution in [3.63, 3.8) is 0 Å². The molecule has 0 amide bonds. The fourth-order valence-corrected chi connectivity index (χ4v) is 4.54. The maximum atomic E-state index is 12.8. The minimum Gasteiger partial charge on any atom is -0.371 e. The number of alkyl halides is 3. The smallest absolute Gasteiger partial charge is 0.371 e. The zero-order chi connectivity index (χ0) is 23.4. The molecule has 0 saturated carbocycles. The van der Waals surface area contributed by atoms with Crippen molar-refractivity contribution in [2.45, 2.75) is 30.8 Å². The third kappa shape index (κ3) is 5.93. The second kappa shape index (κ2) is 10.2. The fraction of sp³-hybridized carbons (Fsp3) is 0.435. The van der Waals surface area contributed by atoms with Gasteiger partial charge in [-0.05, 0) is 49.2 Å². The summed E-state index contributed by atoms with van der Waals surface area (Å²) in [7, 11) is 1.94. The number of benzene rings is 1. The summed E-state index contributed by atoms with van der Waals surface area (Å²) in [5.74, 6) is 1.63. The topological polar surface area (TPSA) is 56.1 Å². The lowest BCUT2D eigenvalue weighted by molar-refractivity contribution is -0.137. The summed E-state index contributed by atoms with van der Waals surface area (Å²) in [5.41, 5.74) is 2.03. The van der Waals surface area contributed by atoms with Crippen molar-refractivity contribution in [2.24, 2.45) is 7.05 Å². The first-order valence-electron chi connectivity index (χ1n) is 10.8. The van der Waals surface area contributed by atoms with Gasteiger partial charge in [0.25, 0.3) is 0 Å². The van der Waals surface area contributed by atoms with Crippen LogP contribution < -0.4 is 0 Å². The summed E-state index contributed by atoms with van der Waals surface area (Å²) in [5, 5.41) is 9.42. The molecule has 176 valence electrons. The van der Waals surface area contributed by atoms with E-state index in [1.807, 2.05) is 36.9 Å². The van der Waals surface area contributed by atoms with Crippen molar-refractivity contribution in [3.05, 3.63) is 59.3 Å². The van der Waals surface area contributed by atoms with Gasteiger partial charge in [-0.15, -0.1) is 10.2 Å². The van der Waals surface area contributed by atoms with E-state index in [0.29, 0.717) is 13.2 Å². The summed E-state index contributed by atoms with van der Waals surface area (Å²) in [4.78, 5) is 6.72. The number of aryl methyl sites for hydroxylation is 1. The Balaban J connectivity index is 1.26. The molecule has 3 aromatic rings. The first-order valence-corrected chi connectivity index (χ1v) is 11.8. The van der Waals surface area contributed by atoms with Crippen LogP contribution in [-0.2, 0) is 18.0 Å². The van der Waals surface area contributed by atoms with Gasteiger partial charge in [0, 0.05) is 32.1 Å². The van der Waals surface area contributed by atoms with Crippen LogP contribution in [0.5, 0.6) is 0 Å². The van der Waals surface area contributed by atoms with Crippen molar-refractivity contribution in [1.82, 2.24) is 24.6 Å². The number of pyridine rings is 1. The van der Waals surface area contributed by atoms with E-state index in [4.69, 9.17) is 4.74 Å². The van der Waals surface area contributed by atoms with E-state index in [1.165, 1.54) is 12.1 Å². The Labute approximate surface area is 195 Å². The first kappa shape index (κ1) is 23.7. The van der Waals surface area contributed by atoms with Crippen molar-refractivity contribution >= 4 is 11.8 Å². The van der Waals surface area contributed by atoms with Gasteiger partial charge in [-0.2, -0.15) is 13.2 Å². The largest absolute Gasteiger partial charge is 0.416 e. The number of morpholine rings is 1. The van der Waals surface area contributed by atoms with E-state index in [1.54, 1.807) is 11.8 Å². The van der Waals surface area contributed by atoms with Crippen LogP contribution in [0.2, 0.25) is 0 Å². The van der Waals surface area contributed by atoms with E-state index in [-0.39, 0.29) is 6.10 Å². The second-order valence-corrected chi connectivity index (χ2v) is 9.13. The highest BCUT2D eigenvalue weighted by Gasteiger charge is 2.30. The van der Waals surface area contributed by atoms with Crippen LogP contribution >= 0.6 is 11.8 Å². The normalized spacial score (nSPS) is 17.4. The lowest BCUT2D eigenvalue weighted by atomic mass is 10.1. The number of aromatic nitrogens is 4. The Hall–Kier alpha value is -2.43. The van der Waals surface area contributed by atoms with E-state index >= 15 is 0 Å². The Morgan fingerprint density at radius 2 is 1.91 bits per heavy atom. The first-order chi connectivity index (χ1) is 15.8. The minimum atomic E-state index is -4.32. The summed E-state index contributed by atoms with van der Waals surface area (Å²) >= 11 is 1.65. The highest BCUT2D eigenvalue weighted by Crippen LogP contribution is 2.31. The second-order valence-electron chi connectivity index (χ2n) is 8.07. The Bertz CT molecular complexity index is 1050. The van der Waals surface area contributed by atoms with E-state index < -0.39 is 11.7 Å². The molecule has 1 unspecified atom stereocenters. The summed E-state index contributed by atoms with van der Waals surface area (Å²) in [6.45, 7) is 4.93. The number of hydrogen-bond donors (Lipinski definition) is 0. The molecular weight excluding hydrogens is 451 g/mol. The average Bonchev–Trinajstić information content (AvgIpc) is 3.17. The predicted octanol–water partition coefficient (Wildman–Crippen LogP) is 4.76. The molecule has 6 nitrogen and oxygen atoms in total. The molecule has 0 aliphatic carbocycles. The van der Waals surface area contributed by atoms with Crippen LogP contribution in [0.15, 0.2) is 47.8 Å². The standard InChI is InChI=1S/C23H26F3N5OS/c1-16-4-9-19(27-14-16)21-28-29-22(30(21)2)33-13-3-10-31-11-12-32-20(15-31)17-5-7-18(8-6-17)23(24,25)26/h4-9,14,20H,3,10-13,15H2,1-2H3. The monoisotopic (exact) mass is 477 g/mol.